The predicted octanol–water partition coefficient (Wildman–Crippen LogP) is 6.58. The third-order valence-electron chi connectivity index (χ3n) is 6.41. The Morgan fingerprint density at radius 2 is 1.80 bits per heavy atom. The molecule has 0 saturated carbocycles. The number of anilines is 1. The first kappa shape index (κ1) is 25.1. The van der Waals surface area contributed by atoms with Gasteiger partial charge in [-0.15, -0.1) is 0 Å². The minimum Gasteiger partial charge on any atom is -0.361 e. The van der Waals surface area contributed by atoms with Crippen molar-refractivity contribution in [2.45, 2.75) is 32.9 Å². The molecule has 3 aromatic carbocycles. The standard InChI is InChI=1S/C28H29Cl2N3O2/c1-3-18(2)17-33-26(23-6-4-5-7-24(23)28(33)35)32-22-12-9-20(10-13-22)27(34)31-15-14-19-8-11-21(29)16-25(19)30/h4-13,16,18,26,32H,3,14-15,17H2,1-2H3,(H,31,34). The zero-order valence-corrected chi connectivity index (χ0v) is 21.4. The van der Waals surface area contributed by atoms with Crippen LogP contribution in [-0.4, -0.2) is 29.8 Å². The Morgan fingerprint density at radius 3 is 2.51 bits per heavy atom. The van der Waals surface area contributed by atoms with Crippen molar-refractivity contribution in [3.63, 3.8) is 0 Å². The third kappa shape index (κ3) is 5.80. The third-order valence-corrected chi connectivity index (χ3v) is 7.00. The van der Waals surface area contributed by atoms with Gasteiger partial charge in [-0.2, -0.15) is 0 Å². The van der Waals surface area contributed by atoms with E-state index < -0.39 is 0 Å². The van der Waals surface area contributed by atoms with Crippen LogP contribution in [0, 0.1) is 5.92 Å². The number of benzene rings is 3. The molecule has 1 aliphatic rings. The van der Waals surface area contributed by atoms with Gasteiger partial charge in [-0.05, 0) is 60.4 Å². The van der Waals surface area contributed by atoms with E-state index >= 15 is 0 Å². The summed E-state index contributed by atoms with van der Waals surface area (Å²) in [6, 6.07) is 20.4. The number of nitrogens with zero attached hydrogens (tertiary/aromatic N) is 1. The predicted molar refractivity (Wildman–Crippen MR) is 142 cm³/mol. The van der Waals surface area contributed by atoms with E-state index in [9.17, 15) is 9.59 Å². The summed E-state index contributed by atoms with van der Waals surface area (Å²) in [5, 5.41) is 7.61. The number of amides is 2. The molecule has 0 bridgehead atoms. The van der Waals surface area contributed by atoms with Gasteiger partial charge in [-0.3, -0.25) is 9.59 Å². The number of hydrogen-bond donors (Lipinski definition) is 2. The van der Waals surface area contributed by atoms with Crippen LogP contribution in [-0.2, 0) is 6.42 Å². The highest BCUT2D eigenvalue weighted by Crippen LogP contribution is 2.35. The van der Waals surface area contributed by atoms with Crippen LogP contribution in [0.25, 0.3) is 0 Å². The Balaban J connectivity index is 1.40. The van der Waals surface area contributed by atoms with Gasteiger partial charge in [0.1, 0.15) is 6.17 Å². The number of carbonyl (C=O) groups is 2. The second-order valence-corrected chi connectivity index (χ2v) is 9.77. The van der Waals surface area contributed by atoms with E-state index in [1.54, 1.807) is 24.3 Å². The highest BCUT2D eigenvalue weighted by atomic mass is 35.5. The van der Waals surface area contributed by atoms with Gasteiger partial charge in [0.25, 0.3) is 11.8 Å². The highest BCUT2D eigenvalue weighted by Gasteiger charge is 2.36. The lowest BCUT2D eigenvalue weighted by molar-refractivity contribution is 0.0714. The summed E-state index contributed by atoms with van der Waals surface area (Å²) in [6.45, 7) is 5.43. The van der Waals surface area contributed by atoms with Gasteiger partial charge in [0, 0.05) is 45.5 Å². The molecule has 0 radical (unpaired) electrons. The van der Waals surface area contributed by atoms with Crippen LogP contribution < -0.4 is 10.6 Å². The lowest BCUT2D eigenvalue weighted by atomic mass is 10.1. The van der Waals surface area contributed by atoms with Crippen LogP contribution in [0.15, 0.2) is 66.7 Å². The maximum Gasteiger partial charge on any atom is 0.256 e. The summed E-state index contributed by atoms with van der Waals surface area (Å²) in [5.74, 6) is 0.294. The van der Waals surface area contributed by atoms with Gasteiger partial charge in [0.15, 0.2) is 0 Å². The van der Waals surface area contributed by atoms with Crippen molar-refractivity contribution < 1.29 is 9.59 Å². The second kappa shape index (κ2) is 11.1. The van der Waals surface area contributed by atoms with Crippen molar-refractivity contribution in [2.75, 3.05) is 18.4 Å². The van der Waals surface area contributed by atoms with E-state index in [-0.39, 0.29) is 18.0 Å². The van der Waals surface area contributed by atoms with Gasteiger partial charge in [0.2, 0.25) is 0 Å². The average Bonchev–Trinajstić information content (AvgIpc) is 3.11. The zero-order valence-electron chi connectivity index (χ0n) is 19.9. The van der Waals surface area contributed by atoms with Crippen molar-refractivity contribution in [1.82, 2.24) is 10.2 Å². The lowest BCUT2D eigenvalue weighted by Gasteiger charge is -2.29. The van der Waals surface area contributed by atoms with E-state index in [0.29, 0.717) is 41.0 Å². The molecule has 0 saturated heterocycles. The normalized spacial score (nSPS) is 15.6. The molecule has 182 valence electrons. The summed E-state index contributed by atoms with van der Waals surface area (Å²) in [5.41, 5.74) is 4.06. The van der Waals surface area contributed by atoms with Gasteiger partial charge < -0.3 is 15.5 Å². The van der Waals surface area contributed by atoms with Gasteiger partial charge >= 0.3 is 0 Å². The Kier molecular flexibility index (Phi) is 7.99. The Morgan fingerprint density at radius 1 is 1.06 bits per heavy atom. The largest absolute Gasteiger partial charge is 0.361 e. The van der Waals surface area contributed by atoms with Crippen LogP contribution >= 0.6 is 23.2 Å². The molecule has 2 unspecified atom stereocenters. The van der Waals surface area contributed by atoms with Gasteiger partial charge in [-0.25, -0.2) is 0 Å². The topological polar surface area (TPSA) is 61.4 Å². The van der Waals surface area contributed by atoms with E-state index in [4.69, 9.17) is 23.2 Å². The minimum absolute atomic E-state index is 0.0511. The summed E-state index contributed by atoms with van der Waals surface area (Å²) in [4.78, 5) is 27.6. The average molecular weight is 510 g/mol. The summed E-state index contributed by atoms with van der Waals surface area (Å²) in [6.07, 6.45) is 1.38. The lowest BCUT2D eigenvalue weighted by Crippen LogP contribution is -2.35. The molecule has 2 amide bonds. The Hall–Kier alpha value is -3.02. The fraction of sp³-hybridized carbons (Fsp3) is 0.286. The number of hydrogen-bond acceptors (Lipinski definition) is 3. The van der Waals surface area contributed by atoms with E-state index in [1.165, 1.54) is 0 Å². The molecule has 2 atom stereocenters. The fourth-order valence-corrected chi connectivity index (χ4v) is 4.69. The molecular formula is C28H29Cl2N3O2. The second-order valence-electron chi connectivity index (χ2n) is 8.92. The molecule has 0 spiro atoms. The number of carbonyl (C=O) groups excluding carboxylic acids is 2. The van der Waals surface area contributed by atoms with Gasteiger partial charge in [-0.1, -0.05) is 67.7 Å². The van der Waals surface area contributed by atoms with Crippen LogP contribution in [0.1, 0.15) is 58.3 Å². The molecule has 1 aliphatic heterocycles. The SMILES string of the molecule is CCC(C)CN1C(=O)c2ccccc2C1Nc1ccc(C(=O)NCCc2ccc(Cl)cc2Cl)cc1. The van der Waals surface area contributed by atoms with E-state index in [1.807, 2.05) is 47.4 Å². The maximum absolute atomic E-state index is 13.1. The summed E-state index contributed by atoms with van der Waals surface area (Å²) >= 11 is 12.1. The first-order valence-corrected chi connectivity index (χ1v) is 12.6. The highest BCUT2D eigenvalue weighted by molar-refractivity contribution is 6.35. The molecule has 5 nitrogen and oxygen atoms in total. The van der Waals surface area contributed by atoms with Crippen molar-refractivity contribution in [2.24, 2.45) is 5.92 Å². The molecule has 0 aliphatic carbocycles. The minimum atomic E-state index is -0.239. The smallest absolute Gasteiger partial charge is 0.256 e. The van der Waals surface area contributed by atoms with Crippen LogP contribution in [0.3, 0.4) is 0 Å². The molecule has 0 aromatic heterocycles. The summed E-state index contributed by atoms with van der Waals surface area (Å²) < 4.78 is 0. The molecule has 35 heavy (non-hydrogen) atoms. The van der Waals surface area contributed by atoms with E-state index in [2.05, 4.69) is 24.5 Å². The monoisotopic (exact) mass is 509 g/mol. The Labute approximate surface area is 216 Å². The molecule has 7 heteroatoms. The van der Waals surface area contributed by atoms with Crippen molar-refractivity contribution in [3.8, 4) is 0 Å². The number of fused-ring (bicyclic) bond motifs is 1. The van der Waals surface area contributed by atoms with Crippen molar-refractivity contribution in [3.05, 3.63) is 99.0 Å². The molecule has 0 fully saturated rings. The summed E-state index contributed by atoms with van der Waals surface area (Å²) in [7, 11) is 0. The van der Waals surface area contributed by atoms with Gasteiger partial charge in [0.05, 0.1) is 0 Å². The molecular weight excluding hydrogens is 481 g/mol. The number of nitrogens with one attached hydrogen (secondary N) is 2. The fourth-order valence-electron chi connectivity index (χ4n) is 4.19. The first-order valence-electron chi connectivity index (χ1n) is 11.9. The molecule has 3 aromatic rings. The number of rotatable bonds is 9. The van der Waals surface area contributed by atoms with Crippen LogP contribution in [0.4, 0.5) is 5.69 Å². The van der Waals surface area contributed by atoms with Crippen molar-refractivity contribution >= 4 is 40.7 Å². The quantitative estimate of drug-likeness (QED) is 0.342. The van der Waals surface area contributed by atoms with Crippen LogP contribution in [0.5, 0.6) is 0 Å². The first-order chi connectivity index (χ1) is 16.9. The molecule has 1 heterocycles. The molecule has 4 rings (SSSR count). The molecule has 2 N–H and O–H groups in total. The number of halogens is 2. The zero-order chi connectivity index (χ0) is 24.9. The van der Waals surface area contributed by atoms with Crippen LogP contribution in [0.2, 0.25) is 10.0 Å². The van der Waals surface area contributed by atoms with Crippen molar-refractivity contribution in [1.29, 1.82) is 0 Å². The Bertz CT molecular complexity index is 1210. The van der Waals surface area contributed by atoms with E-state index in [0.717, 1.165) is 28.8 Å². The maximum atomic E-state index is 13.1.